The minimum Gasteiger partial charge on any atom is -0.319 e. The van der Waals surface area contributed by atoms with Crippen molar-refractivity contribution in [2.75, 3.05) is 13.1 Å². The van der Waals surface area contributed by atoms with E-state index in [0.29, 0.717) is 6.42 Å². The molecule has 0 aromatic heterocycles. The van der Waals surface area contributed by atoms with Gasteiger partial charge in [-0.25, -0.2) is 0 Å². The zero-order chi connectivity index (χ0) is 12.0. The largest absolute Gasteiger partial charge is 0.319 e. The van der Waals surface area contributed by atoms with Gasteiger partial charge in [0.15, 0.2) is 0 Å². The molecule has 2 heterocycles. The summed E-state index contributed by atoms with van der Waals surface area (Å²) >= 11 is 0. The summed E-state index contributed by atoms with van der Waals surface area (Å²) < 4.78 is 0. The first-order valence-electron chi connectivity index (χ1n) is 6.27. The highest BCUT2D eigenvalue weighted by Gasteiger charge is 2.49. The molecule has 2 saturated heterocycles. The molecule has 1 amide bonds. The molecule has 0 radical (unpaired) electrons. The van der Waals surface area contributed by atoms with Gasteiger partial charge in [-0.2, -0.15) is 0 Å². The van der Waals surface area contributed by atoms with E-state index in [4.69, 9.17) is 0 Å². The quantitative estimate of drug-likeness (QED) is 0.796. The van der Waals surface area contributed by atoms with Crippen LogP contribution in [-0.2, 0) is 10.5 Å². The second-order valence-corrected chi connectivity index (χ2v) is 5.15. The Hall–Kier alpha value is -1.35. The molecule has 1 unspecified atom stereocenters. The molecule has 2 aliphatic rings. The first kappa shape index (κ1) is 10.8. The molecule has 90 valence electrons. The molecular weight excluding hydrogens is 212 g/mol. The van der Waals surface area contributed by atoms with E-state index in [-0.39, 0.29) is 11.6 Å². The average molecular weight is 230 g/mol. The molecular formula is C14H18N2O. The Kier molecular flexibility index (Phi) is 2.26. The van der Waals surface area contributed by atoms with Crippen molar-refractivity contribution >= 4 is 5.91 Å². The maximum Gasteiger partial charge on any atom is 0.224 e. The van der Waals surface area contributed by atoms with Crippen molar-refractivity contribution in [1.82, 2.24) is 10.2 Å². The molecule has 1 aromatic carbocycles. The van der Waals surface area contributed by atoms with Gasteiger partial charge in [0.1, 0.15) is 5.66 Å². The van der Waals surface area contributed by atoms with Gasteiger partial charge in [-0.1, -0.05) is 23.8 Å². The van der Waals surface area contributed by atoms with Gasteiger partial charge in [-0.05, 0) is 31.4 Å². The van der Waals surface area contributed by atoms with Crippen LogP contribution in [0, 0.1) is 13.8 Å². The van der Waals surface area contributed by atoms with Crippen LogP contribution in [0.15, 0.2) is 18.2 Å². The van der Waals surface area contributed by atoms with Gasteiger partial charge in [0.25, 0.3) is 0 Å². The zero-order valence-corrected chi connectivity index (χ0v) is 10.4. The molecule has 1 aromatic rings. The highest BCUT2D eigenvalue weighted by atomic mass is 16.2. The normalized spacial score (nSPS) is 27.6. The average Bonchev–Trinajstić information content (AvgIpc) is 2.81. The van der Waals surface area contributed by atoms with Gasteiger partial charge >= 0.3 is 0 Å². The molecule has 2 fully saturated rings. The maximum absolute atomic E-state index is 11.9. The Morgan fingerprint density at radius 3 is 2.94 bits per heavy atom. The van der Waals surface area contributed by atoms with Crippen LogP contribution >= 0.6 is 0 Å². The molecule has 0 spiro atoms. The number of aryl methyl sites for hydroxylation is 2. The number of nitrogens with one attached hydrogen (secondary N) is 1. The number of hydrogen-bond acceptors (Lipinski definition) is 2. The summed E-state index contributed by atoms with van der Waals surface area (Å²) in [6.07, 6.45) is 1.57. The van der Waals surface area contributed by atoms with Crippen molar-refractivity contribution in [1.29, 1.82) is 0 Å². The smallest absolute Gasteiger partial charge is 0.224 e. The zero-order valence-electron chi connectivity index (χ0n) is 10.4. The number of rotatable bonds is 1. The van der Waals surface area contributed by atoms with E-state index in [1.807, 2.05) is 4.90 Å². The fourth-order valence-corrected chi connectivity index (χ4v) is 3.30. The van der Waals surface area contributed by atoms with Gasteiger partial charge in [0.2, 0.25) is 5.91 Å². The van der Waals surface area contributed by atoms with Gasteiger partial charge in [0.05, 0.1) is 0 Å². The van der Waals surface area contributed by atoms with Crippen molar-refractivity contribution in [3.05, 3.63) is 34.9 Å². The molecule has 17 heavy (non-hydrogen) atoms. The molecule has 1 N–H and O–H groups in total. The van der Waals surface area contributed by atoms with Crippen molar-refractivity contribution in [2.45, 2.75) is 32.4 Å². The lowest BCUT2D eigenvalue weighted by atomic mass is 9.92. The maximum atomic E-state index is 11.9. The molecule has 0 bridgehead atoms. The van der Waals surface area contributed by atoms with Crippen LogP contribution in [0.1, 0.15) is 29.5 Å². The summed E-state index contributed by atoms with van der Waals surface area (Å²) in [7, 11) is 0. The minimum absolute atomic E-state index is 0.213. The lowest BCUT2D eigenvalue weighted by molar-refractivity contribution is -0.130. The fourth-order valence-electron chi connectivity index (χ4n) is 3.30. The van der Waals surface area contributed by atoms with E-state index in [9.17, 15) is 4.79 Å². The number of fused-ring (bicyclic) bond motifs is 1. The van der Waals surface area contributed by atoms with Crippen molar-refractivity contribution < 1.29 is 4.79 Å². The number of benzene rings is 1. The lowest BCUT2D eigenvalue weighted by Gasteiger charge is -2.33. The summed E-state index contributed by atoms with van der Waals surface area (Å²) in [5.74, 6) is 0.287. The molecule has 1 atom stereocenters. The SMILES string of the molecule is Cc1ccc(C23CCC(=O)N2CCN3)c(C)c1. The number of nitrogens with zero attached hydrogens (tertiary/aromatic N) is 1. The van der Waals surface area contributed by atoms with Crippen LogP contribution < -0.4 is 5.32 Å². The fraction of sp³-hybridized carbons (Fsp3) is 0.500. The number of carbonyl (C=O) groups excluding carboxylic acids is 1. The summed E-state index contributed by atoms with van der Waals surface area (Å²) in [6.45, 7) is 5.98. The first-order chi connectivity index (χ1) is 8.13. The van der Waals surface area contributed by atoms with E-state index in [1.165, 1.54) is 16.7 Å². The summed E-state index contributed by atoms with van der Waals surface area (Å²) in [6, 6.07) is 6.51. The third-order valence-corrected chi connectivity index (χ3v) is 4.04. The predicted molar refractivity (Wildman–Crippen MR) is 66.5 cm³/mol. The van der Waals surface area contributed by atoms with E-state index < -0.39 is 0 Å². The van der Waals surface area contributed by atoms with E-state index in [2.05, 4.69) is 37.4 Å². The molecule has 2 aliphatic heterocycles. The molecule has 0 aliphatic carbocycles. The number of carbonyl (C=O) groups is 1. The van der Waals surface area contributed by atoms with Gasteiger partial charge in [0, 0.05) is 19.5 Å². The number of hydrogen-bond donors (Lipinski definition) is 1. The third kappa shape index (κ3) is 1.42. The molecule has 3 nitrogen and oxygen atoms in total. The van der Waals surface area contributed by atoms with E-state index in [0.717, 1.165) is 19.5 Å². The second-order valence-electron chi connectivity index (χ2n) is 5.15. The van der Waals surface area contributed by atoms with E-state index in [1.54, 1.807) is 0 Å². The topological polar surface area (TPSA) is 32.3 Å². The van der Waals surface area contributed by atoms with Gasteiger partial charge < -0.3 is 4.90 Å². The highest BCUT2D eigenvalue weighted by Crippen LogP contribution is 2.41. The van der Waals surface area contributed by atoms with Gasteiger partial charge in [-0.3, -0.25) is 10.1 Å². The summed E-state index contributed by atoms with van der Waals surface area (Å²) in [5, 5.41) is 3.54. The Morgan fingerprint density at radius 2 is 2.18 bits per heavy atom. The molecule has 3 rings (SSSR count). The van der Waals surface area contributed by atoms with Crippen LogP contribution in [-0.4, -0.2) is 23.9 Å². The Labute approximate surface area is 102 Å². The standard InChI is InChI=1S/C14H18N2O/c1-10-3-4-12(11(2)9-10)14-6-5-13(17)16(14)8-7-15-14/h3-4,9,15H,5-8H2,1-2H3. The lowest BCUT2D eigenvalue weighted by Crippen LogP contribution is -2.45. The Morgan fingerprint density at radius 1 is 1.35 bits per heavy atom. The van der Waals surface area contributed by atoms with Crippen LogP contribution in [0.2, 0.25) is 0 Å². The van der Waals surface area contributed by atoms with E-state index >= 15 is 0 Å². The molecule has 0 saturated carbocycles. The molecule has 3 heteroatoms. The Bertz CT molecular complexity index is 483. The van der Waals surface area contributed by atoms with Gasteiger partial charge in [-0.15, -0.1) is 0 Å². The first-order valence-corrected chi connectivity index (χ1v) is 6.27. The van der Waals surface area contributed by atoms with Crippen LogP contribution in [0.5, 0.6) is 0 Å². The van der Waals surface area contributed by atoms with Crippen LogP contribution in [0.3, 0.4) is 0 Å². The number of amides is 1. The van der Waals surface area contributed by atoms with Crippen molar-refractivity contribution in [3.8, 4) is 0 Å². The monoisotopic (exact) mass is 230 g/mol. The second kappa shape index (κ2) is 3.57. The highest BCUT2D eigenvalue weighted by molar-refractivity contribution is 5.80. The third-order valence-electron chi connectivity index (χ3n) is 4.04. The van der Waals surface area contributed by atoms with Crippen LogP contribution in [0.25, 0.3) is 0 Å². The van der Waals surface area contributed by atoms with Crippen LogP contribution in [0.4, 0.5) is 0 Å². The predicted octanol–water partition coefficient (Wildman–Crippen LogP) is 1.68. The minimum atomic E-state index is -0.213. The van der Waals surface area contributed by atoms with Crippen molar-refractivity contribution in [2.24, 2.45) is 0 Å². The summed E-state index contributed by atoms with van der Waals surface area (Å²) in [5.41, 5.74) is 3.61. The summed E-state index contributed by atoms with van der Waals surface area (Å²) in [4.78, 5) is 13.9. The van der Waals surface area contributed by atoms with Crippen molar-refractivity contribution in [3.63, 3.8) is 0 Å². The Balaban J connectivity index is 2.11.